The third-order valence-electron chi connectivity index (χ3n) is 3.63. The summed E-state index contributed by atoms with van der Waals surface area (Å²) in [5, 5.41) is 13.3. The lowest BCUT2D eigenvalue weighted by Crippen LogP contribution is -2.28. The van der Waals surface area contributed by atoms with Crippen molar-refractivity contribution in [3.63, 3.8) is 0 Å². The molecule has 0 aliphatic heterocycles. The lowest BCUT2D eigenvalue weighted by Gasteiger charge is -2.10. The van der Waals surface area contributed by atoms with Crippen molar-refractivity contribution in [3.8, 4) is 0 Å². The summed E-state index contributed by atoms with van der Waals surface area (Å²) in [6, 6.07) is 1.72. The molecule has 1 aliphatic rings. The van der Waals surface area contributed by atoms with Gasteiger partial charge in [-0.2, -0.15) is 0 Å². The maximum absolute atomic E-state index is 12.0. The fourth-order valence-electron chi connectivity index (χ4n) is 2.56. The molecule has 4 nitrogen and oxygen atoms in total. The topological polar surface area (TPSA) is 66.4 Å². The summed E-state index contributed by atoms with van der Waals surface area (Å²) < 4.78 is 0. The minimum Gasteiger partial charge on any atom is -0.478 e. The smallest absolute Gasteiger partial charge is 0.328 e. The van der Waals surface area contributed by atoms with Crippen LogP contribution in [0.4, 0.5) is 0 Å². The molecule has 0 spiro atoms. The van der Waals surface area contributed by atoms with Crippen LogP contribution in [-0.4, -0.2) is 23.5 Å². The molecule has 0 aromatic carbocycles. The van der Waals surface area contributed by atoms with Crippen LogP contribution < -0.4 is 5.32 Å². The van der Waals surface area contributed by atoms with E-state index in [0.717, 1.165) is 23.4 Å². The quantitative estimate of drug-likeness (QED) is 0.820. The molecule has 2 atom stereocenters. The largest absolute Gasteiger partial charge is 0.478 e. The Balaban J connectivity index is 1.85. The molecule has 0 radical (unpaired) electrons. The van der Waals surface area contributed by atoms with Gasteiger partial charge >= 0.3 is 5.97 Å². The number of carbonyl (C=O) groups excluding carboxylic acids is 1. The molecule has 1 aromatic heterocycles. The van der Waals surface area contributed by atoms with Crippen LogP contribution >= 0.6 is 11.3 Å². The first-order valence-electron chi connectivity index (χ1n) is 6.82. The Morgan fingerprint density at radius 1 is 1.50 bits per heavy atom. The molecular formula is C15H19NO3S. The Hall–Kier alpha value is -1.62. The van der Waals surface area contributed by atoms with Crippen LogP contribution in [0.1, 0.15) is 41.4 Å². The standard InChI is InChI=1S/C15H19NO3S/c1-10-2-3-11(6-10)8-16-15(19)12-7-13(20-9-12)4-5-14(17)18/h4-5,7,9-11H,2-3,6,8H2,1H3,(H,16,19)(H,17,18)/b5-4+. The molecular weight excluding hydrogens is 274 g/mol. The maximum atomic E-state index is 12.0. The molecule has 1 amide bonds. The molecule has 5 heteroatoms. The van der Waals surface area contributed by atoms with E-state index in [4.69, 9.17) is 5.11 Å². The third-order valence-corrected chi connectivity index (χ3v) is 4.52. The Morgan fingerprint density at radius 3 is 2.95 bits per heavy atom. The van der Waals surface area contributed by atoms with E-state index in [2.05, 4.69) is 12.2 Å². The van der Waals surface area contributed by atoms with Crippen molar-refractivity contribution in [2.75, 3.05) is 6.54 Å². The molecule has 2 rings (SSSR count). The molecule has 1 aromatic rings. The number of carboxylic acid groups (broad SMARTS) is 1. The second-order valence-electron chi connectivity index (χ2n) is 5.40. The molecule has 2 unspecified atom stereocenters. The highest BCUT2D eigenvalue weighted by Gasteiger charge is 2.21. The highest BCUT2D eigenvalue weighted by molar-refractivity contribution is 7.11. The number of thiophene rings is 1. The van der Waals surface area contributed by atoms with Gasteiger partial charge < -0.3 is 10.4 Å². The number of carboxylic acids is 1. The molecule has 0 bridgehead atoms. The van der Waals surface area contributed by atoms with Gasteiger partial charge in [0.2, 0.25) is 0 Å². The first-order valence-corrected chi connectivity index (χ1v) is 7.70. The summed E-state index contributed by atoms with van der Waals surface area (Å²) in [7, 11) is 0. The van der Waals surface area contributed by atoms with Gasteiger partial charge in [-0.15, -0.1) is 11.3 Å². The first kappa shape index (κ1) is 14.8. The van der Waals surface area contributed by atoms with Gasteiger partial charge in [-0.25, -0.2) is 4.79 Å². The summed E-state index contributed by atoms with van der Waals surface area (Å²) in [4.78, 5) is 23.2. The van der Waals surface area contributed by atoms with Crippen LogP contribution in [0.2, 0.25) is 0 Å². The maximum Gasteiger partial charge on any atom is 0.328 e. The van der Waals surface area contributed by atoms with Crippen molar-refractivity contribution in [3.05, 3.63) is 28.0 Å². The van der Waals surface area contributed by atoms with E-state index in [1.807, 2.05) is 0 Å². The first-order chi connectivity index (χ1) is 9.54. The van der Waals surface area contributed by atoms with Crippen molar-refractivity contribution >= 4 is 29.3 Å². The summed E-state index contributed by atoms with van der Waals surface area (Å²) in [6.45, 7) is 2.99. The van der Waals surface area contributed by atoms with E-state index in [1.165, 1.54) is 36.7 Å². The van der Waals surface area contributed by atoms with Crippen molar-refractivity contribution < 1.29 is 14.7 Å². The SMILES string of the molecule is CC1CCC(CNC(=O)c2csc(/C=C/C(=O)O)c2)C1. The predicted octanol–water partition coefficient (Wildman–Crippen LogP) is 3.01. The summed E-state index contributed by atoms with van der Waals surface area (Å²) in [5.41, 5.74) is 0.603. The molecule has 20 heavy (non-hydrogen) atoms. The number of amides is 1. The van der Waals surface area contributed by atoms with Crippen LogP contribution in [0, 0.1) is 11.8 Å². The summed E-state index contributed by atoms with van der Waals surface area (Å²) in [5.74, 6) is 0.306. The fraction of sp³-hybridized carbons (Fsp3) is 0.467. The van der Waals surface area contributed by atoms with E-state index in [9.17, 15) is 9.59 Å². The van der Waals surface area contributed by atoms with Gasteiger partial charge in [0.15, 0.2) is 0 Å². The normalized spacial score (nSPS) is 22.2. The minimum atomic E-state index is -0.986. The van der Waals surface area contributed by atoms with Crippen LogP contribution in [0.25, 0.3) is 6.08 Å². The number of nitrogens with one attached hydrogen (secondary N) is 1. The lowest BCUT2D eigenvalue weighted by atomic mass is 10.1. The Bertz CT molecular complexity index is 521. The highest BCUT2D eigenvalue weighted by atomic mass is 32.1. The zero-order valence-electron chi connectivity index (χ0n) is 11.5. The van der Waals surface area contributed by atoms with Gasteiger partial charge in [0, 0.05) is 22.9 Å². The Kier molecular flexibility index (Phi) is 4.95. The van der Waals surface area contributed by atoms with Gasteiger partial charge in [0.1, 0.15) is 0 Å². The van der Waals surface area contributed by atoms with E-state index in [-0.39, 0.29) is 5.91 Å². The van der Waals surface area contributed by atoms with Crippen molar-refractivity contribution in [2.24, 2.45) is 11.8 Å². The fourth-order valence-corrected chi connectivity index (χ4v) is 3.34. The lowest BCUT2D eigenvalue weighted by molar-refractivity contribution is -0.131. The Morgan fingerprint density at radius 2 is 2.30 bits per heavy atom. The second kappa shape index (κ2) is 6.70. The average Bonchev–Trinajstić information content (AvgIpc) is 3.02. The summed E-state index contributed by atoms with van der Waals surface area (Å²) in [6.07, 6.45) is 6.22. The zero-order chi connectivity index (χ0) is 14.5. The van der Waals surface area contributed by atoms with Crippen LogP contribution in [0.15, 0.2) is 17.5 Å². The predicted molar refractivity (Wildman–Crippen MR) is 79.8 cm³/mol. The van der Waals surface area contributed by atoms with E-state index in [0.29, 0.717) is 11.5 Å². The molecule has 2 N–H and O–H groups in total. The van der Waals surface area contributed by atoms with Gasteiger partial charge in [-0.3, -0.25) is 4.79 Å². The summed E-state index contributed by atoms with van der Waals surface area (Å²) >= 11 is 1.37. The van der Waals surface area contributed by atoms with E-state index < -0.39 is 5.97 Å². The van der Waals surface area contributed by atoms with E-state index >= 15 is 0 Å². The minimum absolute atomic E-state index is 0.0734. The molecule has 1 fully saturated rings. The zero-order valence-corrected chi connectivity index (χ0v) is 12.3. The average molecular weight is 293 g/mol. The van der Waals surface area contributed by atoms with E-state index in [1.54, 1.807) is 11.4 Å². The Labute approximate surface area is 122 Å². The van der Waals surface area contributed by atoms with Crippen LogP contribution in [-0.2, 0) is 4.79 Å². The van der Waals surface area contributed by atoms with Gasteiger partial charge in [-0.05, 0) is 36.8 Å². The third kappa shape index (κ3) is 4.20. The number of hydrogen-bond donors (Lipinski definition) is 2. The number of hydrogen-bond acceptors (Lipinski definition) is 3. The number of aliphatic carboxylic acids is 1. The molecule has 0 saturated heterocycles. The van der Waals surface area contributed by atoms with Crippen LogP contribution in [0.5, 0.6) is 0 Å². The second-order valence-corrected chi connectivity index (χ2v) is 6.35. The highest BCUT2D eigenvalue weighted by Crippen LogP contribution is 2.29. The van der Waals surface area contributed by atoms with Gasteiger partial charge in [0.05, 0.1) is 5.56 Å². The number of carbonyl (C=O) groups is 2. The van der Waals surface area contributed by atoms with Crippen molar-refractivity contribution in [2.45, 2.75) is 26.2 Å². The number of rotatable bonds is 5. The monoisotopic (exact) mass is 293 g/mol. The van der Waals surface area contributed by atoms with Crippen molar-refractivity contribution in [1.29, 1.82) is 0 Å². The molecule has 1 aliphatic carbocycles. The van der Waals surface area contributed by atoms with Crippen LogP contribution in [0.3, 0.4) is 0 Å². The molecule has 1 heterocycles. The van der Waals surface area contributed by atoms with Gasteiger partial charge in [0.25, 0.3) is 5.91 Å². The molecule has 1 saturated carbocycles. The van der Waals surface area contributed by atoms with Gasteiger partial charge in [-0.1, -0.05) is 13.3 Å². The molecule has 108 valence electrons. The van der Waals surface area contributed by atoms with Crippen molar-refractivity contribution in [1.82, 2.24) is 5.32 Å².